The number of hydrogen-bond acceptors (Lipinski definition) is 4. The van der Waals surface area contributed by atoms with Crippen LogP contribution in [0.4, 0.5) is 15.8 Å². The maximum absolute atomic E-state index is 15.0. The maximum Gasteiger partial charge on any atom is 0.264 e. The second-order valence-electron chi connectivity index (χ2n) is 7.06. The van der Waals surface area contributed by atoms with Crippen LogP contribution in [0.5, 0.6) is 0 Å². The molecule has 0 amide bonds. The molecule has 0 atom stereocenters. The molecule has 6 nitrogen and oxygen atoms in total. The Morgan fingerprint density at radius 3 is 1.50 bits per heavy atom. The molecule has 0 aromatic heterocycles. The summed E-state index contributed by atoms with van der Waals surface area (Å²) in [6, 6.07) is 18.1. The molecule has 0 unspecified atom stereocenters. The Hall–Kier alpha value is -2.91. The predicted molar refractivity (Wildman–Crippen MR) is 124 cm³/mol. The summed E-state index contributed by atoms with van der Waals surface area (Å²) in [5.41, 5.74) is 0.383. The molecule has 0 aliphatic heterocycles. The van der Waals surface area contributed by atoms with Crippen molar-refractivity contribution >= 4 is 31.4 Å². The minimum atomic E-state index is -4.05. The number of anilines is 2. The number of benzene rings is 3. The summed E-state index contributed by atoms with van der Waals surface area (Å²) >= 11 is 0. The Kier molecular flexibility index (Phi) is 6.90. The first-order valence-electron chi connectivity index (χ1n) is 10.1. The summed E-state index contributed by atoms with van der Waals surface area (Å²) in [6.45, 7) is 4.90. The fourth-order valence-electron chi connectivity index (χ4n) is 3.49. The molecule has 0 aliphatic rings. The second kappa shape index (κ2) is 9.30. The molecule has 0 fully saturated rings. The number of rotatable bonds is 8. The minimum absolute atomic E-state index is 0.0210. The Morgan fingerprint density at radius 2 is 1.09 bits per heavy atom. The zero-order valence-electron chi connectivity index (χ0n) is 18.1. The lowest BCUT2D eigenvalue weighted by Crippen LogP contribution is -2.34. The zero-order chi connectivity index (χ0) is 23.5. The standard InChI is InChI=1S/C23H25FN2O4S2/c1-4-25(31(27,28)19-12-8-6-9-13-19)22-17-23(21(24)16-18(22)3)26(5-2)32(29,30)20-14-10-7-11-15-20/h6-17H,4-5H2,1-3H3. The van der Waals surface area contributed by atoms with Gasteiger partial charge in [-0.1, -0.05) is 36.4 Å². The quantitative estimate of drug-likeness (QED) is 0.478. The first kappa shape index (κ1) is 23.7. The van der Waals surface area contributed by atoms with Gasteiger partial charge in [0.2, 0.25) is 0 Å². The zero-order valence-corrected chi connectivity index (χ0v) is 19.7. The van der Waals surface area contributed by atoms with Crippen molar-refractivity contribution in [3.8, 4) is 0 Å². The van der Waals surface area contributed by atoms with Gasteiger partial charge in [-0.25, -0.2) is 21.2 Å². The highest BCUT2D eigenvalue weighted by Gasteiger charge is 2.30. The van der Waals surface area contributed by atoms with Crippen molar-refractivity contribution in [3.63, 3.8) is 0 Å². The van der Waals surface area contributed by atoms with Gasteiger partial charge in [0.05, 0.1) is 21.2 Å². The number of aryl methyl sites for hydroxylation is 1. The highest BCUT2D eigenvalue weighted by Crippen LogP contribution is 2.35. The highest BCUT2D eigenvalue weighted by atomic mass is 32.2. The van der Waals surface area contributed by atoms with E-state index in [2.05, 4.69) is 0 Å². The van der Waals surface area contributed by atoms with E-state index in [0.717, 1.165) is 14.7 Å². The minimum Gasteiger partial charge on any atom is -0.266 e. The van der Waals surface area contributed by atoms with Crippen molar-refractivity contribution < 1.29 is 21.2 Å². The molecule has 0 spiro atoms. The number of hydrogen-bond donors (Lipinski definition) is 0. The fraction of sp³-hybridized carbons (Fsp3) is 0.217. The van der Waals surface area contributed by atoms with Crippen LogP contribution in [0.2, 0.25) is 0 Å². The smallest absolute Gasteiger partial charge is 0.264 e. The van der Waals surface area contributed by atoms with Gasteiger partial charge in [-0.2, -0.15) is 0 Å². The first-order chi connectivity index (χ1) is 15.1. The molecule has 0 radical (unpaired) electrons. The van der Waals surface area contributed by atoms with Crippen LogP contribution >= 0.6 is 0 Å². The third-order valence-corrected chi connectivity index (χ3v) is 8.85. The van der Waals surface area contributed by atoms with Crippen LogP contribution in [-0.2, 0) is 20.0 Å². The average molecular weight is 477 g/mol. The van der Waals surface area contributed by atoms with E-state index in [-0.39, 0.29) is 34.3 Å². The summed E-state index contributed by atoms with van der Waals surface area (Å²) < 4.78 is 70.1. The average Bonchev–Trinajstić information content (AvgIpc) is 2.78. The maximum atomic E-state index is 15.0. The summed E-state index contributed by atoms with van der Waals surface area (Å²) in [7, 11) is -7.98. The van der Waals surface area contributed by atoms with E-state index in [9.17, 15) is 16.8 Å². The molecular weight excluding hydrogens is 451 g/mol. The Bertz CT molecular complexity index is 1200. The van der Waals surface area contributed by atoms with Gasteiger partial charge in [-0.15, -0.1) is 0 Å². The molecule has 170 valence electrons. The predicted octanol–water partition coefficient (Wildman–Crippen LogP) is 4.56. The first-order valence-corrected chi connectivity index (χ1v) is 13.0. The van der Waals surface area contributed by atoms with Gasteiger partial charge in [-0.3, -0.25) is 8.61 Å². The SMILES string of the molecule is CCN(c1cc(N(CC)S(=O)(=O)c2ccccc2)c(F)cc1C)S(=O)(=O)c1ccccc1. The van der Waals surface area contributed by atoms with Crippen molar-refractivity contribution in [2.24, 2.45) is 0 Å². The molecule has 0 bridgehead atoms. The van der Waals surface area contributed by atoms with Crippen LogP contribution in [0, 0.1) is 12.7 Å². The third-order valence-electron chi connectivity index (χ3n) is 5.04. The Morgan fingerprint density at radius 1 is 0.688 bits per heavy atom. The van der Waals surface area contributed by atoms with E-state index in [1.54, 1.807) is 57.2 Å². The van der Waals surface area contributed by atoms with Crippen molar-refractivity contribution in [2.45, 2.75) is 30.6 Å². The van der Waals surface area contributed by atoms with Gasteiger partial charge in [0.1, 0.15) is 5.82 Å². The van der Waals surface area contributed by atoms with Crippen LogP contribution < -0.4 is 8.61 Å². The molecule has 3 aromatic rings. The second-order valence-corrected chi connectivity index (χ2v) is 10.8. The third kappa shape index (κ3) is 4.35. The highest BCUT2D eigenvalue weighted by molar-refractivity contribution is 7.93. The molecule has 32 heavy (non-hydrogen) atoms. The number of nitrogens with zero attached hydrogens (tertiary/aromatic N) is 2. The van der Waals surface area contributed by atoms with E-state index in [4.69, 9.17) is 0 Å². The van der Waals surface area contributed by atoms with E-state index in [0.29, 0.717) is 5.56 Å². The molecule has 3 aromatic carbocycles. The lowest BCUT2D eigenvalue weighted by molar-refractivity contribution is 0.586. The Balaban J connectivity index is 2.17. The molecule has 0 heterocycles. The van der Waals surface area contributed by atoms with Crippen LogP contribution in [0.25, 0.3) is 0 Å². The van der Waals surface area contributed by atoms with Crippen LogP contribution in [0.1, 0.15) is 19.4 Å². The van der Waals surface area contributed by atoms with E-state index < -0.39 is 25.9 Å². The van der Waals surface area contributed by atoms with Crippen molar-refractivity contribution in [2.75, 3.05) is 21.7 Å². The van der Waals surface area contributed by atoms with Crippen molar-refractivity contribution in [1.82, 2.24) is 0 Å². The molecular formula is C23H25FN2O4S2. The van der Waals surface area contributed by atoms with Crippen LogP contribution in [-0.4, -0.2) is 29.9 Å². The molecule has 0 aliphatic carbocycles. The van der Waals surface area contributed by atoms with Gasteiger partial charge >= 0.3 is 0 Å². The monoisotopic (exact) mass is 476 g/mol. The fourth-order valence-corrected chi connectivity index (χ4v) is 6.53. The summed E-state index contributed by atoms with van der Waals surface area (Å²) in [5, 5.41) is 0. The summed E-state index contributed by atoms with van der Waals surface area (Å²) in [5.74, 6) is -0.749. The lowest BCUT2D eigenvalue weighted by Gasteiger charge is -2.28. The molecule has 9 heteroatoms. The van der Waals surface area contributed by atoms with Gasteiger partial charge in [0.25, 0.3) is 20.0 Å². The largest absolute Gasteiger partial charge is 0.266 e. The van der Waals surface area contributed by atoms with Gasteiger partial charge in [-0.05, 0) is 62.7 Å². The molecule has 0 saturated heterocycles. The van der Waals surface area contributed by atoms with Gasteiger partial charge < -0.3 is 0 Å². The Labute approximate surface area is 189 Å². The van der Waals surface area contributed by atoms with E-state index >= 15 is 4.39 Å². The topological polar surface area (TPSA) is 74.8 Å². The van der Waals surface area contributed by atoms with Crippen molar-refractivity contribution in [1.29, 1.82) is 0 Å². The molecule has 0 saturated carbocycles. The van der Waals surface area contributed by atoms with Gasteiger partial charge in [0, 0.05) is 13.1 Å². The van der Waals surface area contributed by atoms with Crippen LogP contribution in [0.15, 0.2) is 82.6 Å². The number of halogens is 1. The summed E-state index contributed by atoms with van der Waals surface area (Å²) in [6.07, 6.45) is 0. The van der Waals surface area contributed by atoms with E-state index in [1.807, 2.05) is 0 Å². The van der Waals surface area contributed by atoms with Crippen LogP contribution in [0.3, 0.4) is 0 Å². The molecule has 3 rings (SSSR count). The summed E-state index contributed by atoms with van der Waals surface area (Å²) in [4.78, 5) is 0.115. The van der Waals surface area contributed by atoms with Gasteiger partial charge in [0.15, 0.2) is 0 Å². The van der Waals surface area contributed by atoms with Crippen molar-refractivity contribution in [3.05, 3.63) is 84.2 Å². The molecule has 0 N–H and O–H groups in total. The number of sulfonamides is 2. The van der Waals surface area contributed by atoms with E-state index in [1.165, 1.54) is 30.3 Å². The lowest BCUT2D eigenvalue weighted by atomic mass is 10.1. The normalized spacial score (nSPS) is 11.9.